The van der Waals surface area contributed by atoms with E-state index in [0.717, 1.165) is 0 Å². The van der Waals surface area contributed by atoms with E-state index in [0.29, 0.717) is 11.1 Å². The summed E-state index contributed by atoms with van der Waals surface area (Å²) in [6.45, 7) is -0.652. The van der Waals surface area contributed by atoms with E-state index in [-0.39, 0.29) is 32.8 Å². The third-order valence-electron chi connectivity index (χ3n) is 6.97. The Labute approximate surface area is 233 Å². The molecule has 0 spiro atoms. The molecule has 4 rings (SSSR count). The zero-order chi connectivity index (χ0) is 28.6. The first kappa shape index (κ1) is 30.5. The third-order valence-corrected chi connectivity index (χ3v) is 6.97. The topological polar surface area (TPSA) is 162 Å². The van der Waals surface area contributed by atoms with Gasteiger partial charge in [-0.2, -0.15) is 0 Å². The minimum Gasteiger partial charge on any atom is -0.389 e. The summed E-state index contributed by atoms with van der Waals surface area (Å²) >= 11 is 0. The van der Waals surface area contributed by atoms with Crippen molar-refractivity contribution in [1.29, 1.82) is 0 Å². The van der Waals surface area contributed by atoms with Gasteiger partial charge in [0, 0.05) is 24.2 Å². The molecule has 2 fully saturated rings. The van der Waals surface area contributed by atoms with Crippen LogP contribution in [0, 0.1) is 12.3 Å². The smallest absolute Gasteiger partial charge is 0.184 e. The molecule has 6 unspecified atom stereocenters. The van der Waals surface area contributed by atoms with E-state index in [2.05, 4.69) is 5.92 Å². The van der Waals surface area contributed by atoms with Crippen molar-refractivity contribution in [3.63, 3.8) is 0 Å². The number of hydrogen-bond acceptors (Lipinski definition) is 11. The standard InChI is InChI=1S/C29H37NO10/c1-2-13-30(14-20(31)24(35)26-22(33)16-37-28(39-26)18-9-5-3-6-10-18)15-21(32)25(36)27-23(34)17-38-29(40-27)19-11-7-4-8-12-19/h1,3-12,20-29,31-36H,13-17H2/t20?,21?,22-,23-,24?,25?,26-,27-,28?,29?/m1/s1. The van der Waals surface area contributed by atoms with Crippen molar-refractivity contribution >= 4 is 0 Å². The number of ether oxygens (including phenoxy) is 4. The molecule has 2 saturated heterocycles. The second-order valence-electron chi connectivity index (χ2n) is 10.0. The monoisotopic (exact) mass is 559 g/mol. The Morgan fingerprint density at radius 2 is 1.12 bits per heavy atom. The van der Waals surface area contributed by atoms with Crippen molar-refractivity contribution in [2.75, 3.05) is 32.8 Å². The average Bonchev–Trinajstić information content (AvgIpc) is 2.98. The number of hydrogen-bond donors (Lipinski definition) is 6. The van der Waals surface area contributed by atoms with Crippen molar-refractivity contribution in [1.82, 2.24) is 4.90 Å². The minimum absolute atomic E-state index is 0.0266. The summed E-state index contributed by atoms with van der Waals surface area (Å²) in [5.74, 6) is 2.43. The number of terminal acetylenes is 1. The van der Waals surface area contributed by atoms with Gasteiger partial charge in [-0.15, -0.1) is 6.42 Å². The van der Waals surface area contributed by atoms with Crippen LogP contribution in [0.5, 0.6) is 0 Å². The van der Waals surface area contributed by atoms with Crippen LogP contribution in [0.3, 0.4) is 0 Å². The van der Waals surface area contributed by atoms with Crippen LogP contribution in [-0.2, 0) is 18.9 Å². The molecule has 6 N–H and O–H groups in total. The number of benzene rings is 2. The SMILES string of the molecule is C#CCN(CC(O)C(O)[C@@H]1OC(c2ccccc2)OC[C@H]1O)CC(O)C(O)[C@@H]1OC(c2ccccc2)OC[C@H]1O. The Morgan fingerprint density at radius 1 is 0.725 bits per heavy atom. The first-order valence-corrected chi connectivity index (χ1v) is 13.2. The van der Waals surface area contributed by atoms with Gasteiger partial charge in [0.15, 0.2) is 12.6 Å². The third kappa shape index (κ3) is 7.64. The quantitative estimate of drug-likeness (QED) is 0.194. The zero-order valence-corrected chi connectivity index (χ0v) is 21.9. The Hall–Kier alpha value is -2.44. The van der Waals surface area contributed by atoms with Gasteiger partial charge >= 0.3 is 0 Å². The summed E-state index contributed by atoms with van der Waals surface area (Å²) in [6.07, 6.45) is -6.76. The Bertz CT molecular complexity index is 992. The average molecular weight is 560 g/mol. The highest BCUT2D eigenvalue weighted by atomic mass is 16.7. The normalized spacial score (nSPS) is 30.2. The Balaban J connectivity index is 1.35. The van der Waals surface area contributed by atoms with Crippen molar-refractivity contribution in [3.05, 3.63) is 71.8 Å². The molecule has 2 aromatic carbocycles. The van der Waals surface area contributed by atoms with Gasteiger partial charge in [0.1, 0.15) is 36.6 Å². The molecule has 11 nitrogen and oxygen atoms in total. The van der Waals surface area contributed by atoms with Crippen LogP contribution in [0.4, 0.5) is 0 Å². The van der Waals surface area contributed by atoms with E-state index >= 15 is 0 Å². The maximum absolute atomic E-state index is 10.9. The molecule has 2 aromatic rings. The van der Waals surface area contributed by atoms with Gasteiger partial charge in [-0.25, -0.2) is 0 Å². The Kier molecular flexibility index (Phi) is 11.0. The number of rotatable bonds is 11. The van der Waals surface area contributed by atoms with Crippen molar-refractivity contribution < 1.29 is 49.6 Å². The maximum atomic E-state index is 10.9. The van der Waals surface area contributed by atoms with Crippen LogP contribution in [0.15, 0.2) is 60.7 Å². The van der Waals surface area contributed by atoms with Crippen molar-refractivity contribution in [3.8, 4) is 12.3 Å². The molecule has 0 saturated carbocycles. The van der Waals surface area contributed by atoms with Crippen molar-refractivity contribution in [2.45, 2.75) is 61.4 Å². The van der Waals surface area contributed by atoms with Crippen LogP contribution in [0.25, 0.3) is 0 Å². The van der Waals surface area contributed by atoms with Crippen molar-refractivity contribution in [2.24, 2.45) is 0 Å². The summed E-state index contributed by atoms with van der Waals surface area (Å²) in [4.78, 5) is 1.46. The molecule has 0 bridgehead atoms. The van der Waals surface area contributed by atoms with Gasteiger partial charge in [-0.3, -0.25) is 4.90 Å². The number of aliphatic hydroxyl groups excluding tert-OH is 6. The summed E-state index contributed by atoms with van der Waals surface area (Å²) in [5, 5.41) is 64.2. The highest BCUT2D eigenvalue weighted by molar-refractivity contribution is 5.17. The molecule has 218 valence electrons. The fraction of sp³-hybridized carbons (Fsp3) is 0.517. The number of aliphatic hydroxyl groups is 6. The van der Waals surface area contributed by atoms with E-state index < -0.39 is 61.4 Å². The molecule has 0 radical (unpaired) electrons. The molecular formula is C29H37NO10. The first-order chi connectivity index (χ1) is 19.3. The zero-order valence-electron chi connectivity index (χ0n) is 21.9. The second kappa shape index (κ2) is 14.5. The van der Waals surface area contributed by atoms with E-state index in [1.807, 2.05) is 12.1 Å². The predicted molar refractivity (Wildman–Crippen MR) is 141 cm³/mol. The van der Waals surface area contributed by atoms with Crippen LogP contribution in [-0.4, -0.2) is 117 Å². The van der Waals surface area contributed by atoms with Crippen LogP contribution < -0.4 is 0 Å². The van der Waals surface area contributed by atoms with Crippen LogP contribution in [0.2, 0.25) is 0 Å². The fourth-order valence-corrected chi connectivity index (χ4v) is 4.81. The fourth-order valence-electron chi connectivity index (χ4n) is 4.81. The van der Waals surface area contributed by atoms with Gasteiger partial charge in [0.05, 0.1) is 32.0 Å². The lowest BCUT2D eigenvalue weighted by molar-refractivity contribution is -0.285. The largest absolute Gasteiger partial charge is 0.389 e. The predicted octanol–water partition coefficient (Wildman–Crippen LogP) is -0.685. The molecule has 10 atom stereocenters. The lowest BCUT2D eigenvalue weighted by Crippen LogP contribution is -2.56. The van der Waals surface area contributed by atoms with Gasteiger partial charge in [0.25, 0.3) is 0 Å². The highest BCUT2D eigenvalue weighted by Gasteiger charge is 2.42. The highest BCUT2D eigenvalue weighted by Crippen LogP contribution is 2.30. The van der Waals surface area contributed by atoms with E-state index in [1.54, 1.807) is 48.5 Å². The molecule has 0 aliphatic carbocycles. The first-order valence-electron chi connectivity index (χ1n) is 13.2. The molecule has 2 heterocycles. The summed E-state index contributed by atoms with van der Waals surface area (Å²) < 4.78 is 22.6. The molecule has 2 aliphatic rings. The molecule has 11 heteroatoms. The van der Waals surface area contributed by atoms with Gasteiger partial charge in [-0.1, -0.05) is 66.6 Å². The summed E-state index contributed by atoms with van der Waals surface area (Å²) in [6, 6.07) is 18.0. The number of nitrogens with zero attached hydrogens (tertiary/aromatic N) is 1. The lowest BCUT2D eigenvalue weighted by Gasteiger charge is -2.40. The van der Waals surface area contributed by atoms with E-state index in [4.69, 9.17) is 25.4 Å². The molecule has 0 aromatic heterocycles. The molecular weight excluding hydrogens is 522 g/mol. The molecule has 0 amide bonds. The summed E-state index contributed by atoms with van der Waals surface area (Å²) in [5.41, 5.74) is 1.39. The van der Waals surface area contributed by atoms with E-state index in [9.17, 15) is 30.6 Å². The van der Waals surface area contributed by atoms with Gasteiger partial charge in [0.2, 0.25) is 0 Å². The van der Waals surface area contributed by atoms with Gasteiger partial charge < -0.3 is 49.6 Å². The maximum Gasteiger partial charge on any atom is 0.184 e. The molecule has 2 aliphatic heterocycles. The lowest BCUT2D eigenvalue weighted by atomic mass is 9.99. The van der Waals surface area contributed by atoms with Crippen LogP contribution >= 0.6 is 0 Å². The Morgan fingerprint density at radius 3 is 1.50 bits per heavy atom. The van der Waals surface area contributed by atoms with Gasteiger partial charge in [-0.05, 0) is 0 Å². The summed E-state index contributed by atoms with van der Waals surface area (Å²) in [7, 11) is 0. The minimum atomic E-state index is -1.51. The molecule has 40 heavy (non-hydrogen) atoms. The second-order valence-corrected chi connectivity index (χ2v) is 10.0. The van der Waals surface area contributed by atoms with Crippen LogP contribution in [0.1, 0.15) is 23.7 Å². The van der Waals surface area contributed by atoms with E-state index in [1.165, 1.54) is 4.90 Å².